The van der Waals surface area contributed by atoms with Gasteiger partial charge in [0.05, 0.1) is 19.3 Å². The number of piperidine rings is 1. The van der Waals surface area contributed by atoms with Crippen molar-refractivity contribution in [1.29, 1.82) is 0 Å². The van der Waals surface area contributed by atoms with Gasteiger partial charge in [0.1, 0.15) is 5.75 Å². The molecule has 4 nitrogen and oxygen atoms in total. The van der Waals surface area contributed by atoms with Gasteiger partial charge in [0.15, 0.2) is 0 Å². The number of nitrogens with zero attached hydrogens (tertiary/aromatic N) is 2. The molecule has 1 spiro atoms. The van der Waals surface area contributed by atoms with E-state index in [4.69, 9.17) is 9.47 Å². The number of likely N-dealkylation sites (tertiary alicyclic amines) is 1. The average molecular weight is 397 g/mol. The fourth-order valence-electron chi connectivity index (χ4n) is 4.57. The molecular formula is C25H36N2O2. The van der Waals surface area contributed by atoms with Gasteiger partial charge in [0.2, 0.25) is 0 Å². The average Bonchev–Trinajstić information content (AvgIpc) is 2.74. The van der Waals surface area contributed by atoms with E-state index < -0.39 is 0 Å². The van der Waals surface area contributed by atoms with E-state index in [0.29, 0.717) is 0 Å². The summed E-state index contributed by atoms with van der Waals surface area (Å²) in [4.78, 5) is 5.15. The molecule has 0 atom stereocenters. The van der Waals surface area contributed by atoms with Crippen LogP contribution >= 0.6 is 0 Å². The summed E-state index contributed by atoms with van der Waals surface area (Å²) in [5.74, 6) is 1.00. The van der Waals surface area contributed by atoms with E-state index in [1.165, 1.54) is 11.1 Å². The fourth-order valence-corrected chi connectivity index (χ4v) is 4.57. The lowest BCUT2D eigenvalue weighted by Gasteiger charge is -2.47. The third-order valence-corrected chi connectivity index (χ3v) is 6.23. The first-order chi connectivity index (χ1) is 13.8. The molecule has 158 valence electrons. The van der Waals surface area contributed by atoms with Crippen LogP contribution in [-0.2, 0) is 17.7 Å². The Morgan fingerprint density at radius 2 is 1.66 bits per heavy atom. The number of hydrogen-bond donors (Lipinski definition) is 0. The number of hydrogen-bond acceptors (Lipinski definition) is 4. The highest BCUT2D eigenvalue weighted by atomic mass is 16.5. The molecule has 4 heteroatoms. The van der Waals surface area contributed by atoms with Gasteiger partial charge in [-0.1, -0.05) is 56.0 Å². The molecule has 0 amide bonds. The second-order valence-electron chi connectivity index (χ2n) is 8.13. The zero-order chi connectivity index (χ0) is 19.2. The van der Waals surface area contributed by atoms with Crippen LogP contribution in [-0.4, -0.2) is 61.8 Å². The van der Waals surface area contributed by atoms with Gasteiger partial charge >= 0.3 is 0 Å². The van der Waals surface area contributed by atoms with Crippen molar-refractivity contribution in [3.8, 4) is 5.75 Å². The summed E-state index contributed by atoms with van der Waals surface area (Å²) in [7, 11) is 1.76. The monoisotopic (exact) mass is 396 g/mol. The topological polar surface area (TPSA) is 24.9 Å². The van der Waals surface area contributed by atoms with Crippen LogP contribution < -0.4 is 4.74 Å². The summed E-state index contributed by atoms with van der Waals surface area (Å²) in [6.45, 7) is 7.31. The van der Waals surface area contributed by atoms with Gasteiger partial charge in [-0.25, -0.2) is 0 Å². The van der Waals surface area contributed by atoms with Gasteiger partial charge in [0.25, 0.3) is 0 Å². The zero-order valence-corrected chi connectivity index (χ0v) is 17.0. The third-order valence-electron chi connectivity index (χ3n) is 6.23. The van der Waals surface area contributed by atoms with E-state index in [2.05, 4.69) is 58.3 Å². The second-order valence-corrected chi connectivity index (χ2v) is 8.13. The Bertz CT molecular complexity index is 741. The summed E-state index contributed by atoms with van der Waals surface area (Å²) in [6.07, 6.45) is 3.30. The maximum Gasteiger partial charge on any atom is 0.122 e. The van der Waals surface area contributed by atoms with E-state index in [9.17, 15) is 0 Å². The Kier molecular flexibility index (Phi) is 7.70. The molecule has 4 rings (SSSR count). The molecule has 0 saturated carbocycles. The maximum absolute atomic E-state index is 6.33. The van der Waals surface area contributed by atoms with Crippen LogP contribution in [0.25, 0.3) is 0 Å². The highest BCUT2D eigenvalue weighted by Gasteiger charge is 2.39. The molecule has 0 radical (unpaired) electrons. The van der Waals surface area contributed by atoms with Crippen LogP contribution in [0.5, 0.6) is 5.75 Å². The van der Waals surface area contributed by atoms with Crippen molar-refractivity contribution >= 4 is 0 Å². The third kappa shape index (κ3) is 5.59. The van der Waals surface area contributed by atoms with Crippen molar-refractivity contribution in [2.75, 3.05) is 46.4 Å². The predicted octanol–water partition coefficient (Wildman–Crippen LogP) is 4.24. The van der Waals surface area contributed by atoms with Crippen LogP contribution in [0.2, 0.25) is 0 Å². The number of methoxy groups -OCH3 is 1. The largest absolute Gasteiger partial charge is 0.496 e. The quantitative estimate of drug-likeness (QED) is 0.729. The number of morpholine rings is 1. The van der Waals surface area contributed by atoms with Gasteiger partial charge in [-0.3, -0.25) is 4.90 Å². The van der Waals surface area contributed by atoms with Crippen LogP contribution in [0.1, 0.15) is 31.4 Å². The number of benzene rings is 2. The minimum absolute atomic E-state index is 0. The molecule has 2 aromatic carbocycles. The first-order valence-corrected chi connectivity index (χ1v) is 10.5. The fraction of sp³-hybridized carbons (Fsp3) is 0.520. The summed E-state index contributed by atoms with van der Waals surface area (Å²) in [6, 6.07) is 19.2. The van der Waals surface area contributed by atoms with Crippen LogP contribution in [0, 0.1) is 0 Å². The smallest absolute Gasteiger partial charge is 0.122 e. The summed E-state index contributed by atoms with van der Waals surface area (Å²) in [5.41, 5.74) is 2.75. The molecule has 0 aliphatic carbocycles. The first kappa shape index (κ1) is 21.8. The molecular weight excluding hydrogens is 360 g/mol. The Balaban J connectivity index is 0.00000240. The predicted molar refractivity (Wildman–Crippen MR) is 120 cm³/mol. The summed E-state index contributed by atoms with van der Waals surface area (Å²) < 4.78 is 11.8. The van der Waals surface area contributed by atoms with Crippen molar-refractivity contribution in [2.24, 2.45) is 0 Å². The van der Waals surface area contributed by atoms with Crippen molar-refractivity contribution in [3.63, 3.8) is 0 Å². The molecule has 2 aromatic rings. The van der Waals surface area contributed by atoms with E-state index in [-0.39, 0.29) is 13.0 Å². The molecule has 0 bridgehead atoms. The molecule has 29 heavy (non-hydrogen) atoms. The number of para-hydroxylation sites is 1. The van der Waals surface area contributed by atoms with Crippen molar-refractivity contribution < 1.29 is 9.47 Å². The molecule has 0 N–H and O–H groups in total. The molecule has 0 unspecified atom stereocenters. The number of ether oxygens (including phenoxy) is 2. The van der Waals surface area contributed by atoms with Gasteiger partial charge in [-0.15, -0.1) is 0 Å². The lowest BCUT2D eigenvalue weighted by molar-refractivity contribution is -0.137. The van der Waals surface area contributed by atoms with Crippen LogP contribution in [0.3, 0.4) is 0 Å². The van der Waals surface area contributed by atoms with Gasteiger partial charge in [0, 0.05) is 39.3 Å². The van der Waals surface area contributed by atoms with E-state index in [0.717, 1.165) is 70.9 Å². The van der Waals surface area contributed by atoms with E-state index in [1.807, 2.05) is 6.07 Å². The Labute approximate surface area is 176 Å². The molecule has 2 aliphatic rings. The number of rotatable bonds is 6. The van der Waals surface area contributed by atoms with Crippen molar-refractivity contribution in [2.45, 2.75) is 38.8 Å². The standard InChI is InChI=1S/C24H32N2O2.CH4/c1-27-23-10-6-5-9-22(23)11-14-25-15-12-24(13-16-25)20-26(17-18-28-24)19-21-7-3-2-4-8-21;/h2-10H,11-20H2,1H3;1H4. The highest BCUT2D eigenvalue weighted by molar-refractivity contribution is 5.33. The summed E-state index contributed by atoms with van der Waals surface area (Å²) in [5, 5.41) is 0. The van der Waals surface area contributed by atoms with Gasteiger partial charge < -0.3 is 14.4 Å². The Morgan fingerprint density at radius 3 is 2.41 bits per heavy atom. The zero-order valence-electron chi connectivity index (χ0n) is 17.0. The lowest BCUT2D eigenvalue weighted by Crippen LogP contribution is -2.56. The molecule has 0 aromatic heterocycles. The molecule has 2 fully saturated rings. The first-order valence-electron chi connectivity index (χ1n) is 10.5. The second kappa shape index (κ2) is 10.2. The SMILES string of the molecule is C.COc1ccccc1CCN1CCC2(CC1)CN(Cc1ccccc1)CCO2. The normalized spacial score (nSPS) is 19.6. The highest BCUT2D eigenvalue weighted by Crippen LogP contribution is 2.31. The Hall–Kier alpha value is -1.88. The van der Waals surface area contributed by atoms with Crippen LogP contribution in [0.15, 0.2) is 54.6 Å². The van der Waals surface area contributed by atoms with Gasteiger partial charge in [-0.2, -0.15) is 0 Å². The van der Waals surface area contributed by atoms with Crippen LogP contribution in [0.4, 0.5) is 0 Å². The van der Waals surface area contributed by atoms with Gasteiger partial charge in [-0.05, 0) is 36.5 Å². The minimum atomic E-state index is 0. The Morgan fingerprint density at radius 1 is 0.931 bits per heavy atom. The van der Waals surface area contributed by atoms with Crippen molar-refractivity contribution in [1.82, 2.24) is 9.80 Å². The molecule has 2 saturated heterocycles. The maximum atomic E-state index is 6.33. The lowest BCUT2D eigenvalue weighted by atomic mass is 9.89. The minimum Gasteiger partial charge on any atom is -0.496 e. The summed E-state index contributed by atoms with van der Waals surface area (Å²) >= 11 is 0. The van der Waals surface area contributed by atoms with Crippen molar-refractivity contribution in [3.05, 3.63) is 65.7 Å². The molecule has 2 aliphatic heterocycles. The molecule has 2 heterocycles. The van der Waals surface area contributed by atoms with E-state index >= 15 is 0 Å². The van der Waals surface area contributed by atoms with E-state index in [1.54, 1.807) is 7.11 Å².